The van der Waals surface area contributed by atoms with Gasteiger partial charge < -0.3 is 5.73 Å². The summed E-state index contributed by atoms with van der Waals surface area (Å²) in [5.41, 5.74) is 5.20. The van der Waals surface area contributed by atoms with Crippen LogP contribution in [0.25, 0.3) is 0 Å². The first-order valence-electron chi connectivity index (χ1n) is 3.84. The molecule has 0 saturated carbocycles. The highest BCUT2D eigenvalue weighted by Crippen LogP contribution is 2.09. The van der Waals surface area contributed by atoms with Gasteiger partial charge in [0.15, 0.2) is 0 Å². The molecule has 0 radical (unpaired) electrons. The third kappa shape index (κ3) is 3.44. The van der Waals surface area contributed by atoms with Crippen LogP contribution >= 0.6 is 11.8 Å². The lowest BCUT2D eigenvalue weighted by Gasteiger charge is -1.97. The summed E-state index contributed by atoms with van der Waals surface area (Å²) < 4.78 is 0. The van der Waals surface area contributed by atoms with Crippen molar-refractivity contribution >= 4 is 11.8 Å². The molecule has 11 heavy (non-hydrogen) atoms. The van der Waals surface area contributed by atoms with E-state index in [-0.39, 0.29) is 0 Å². The van der Waals surface area contributed by atoms with Gasteiger partial charge in [0.25, 0.3) is 0 Å². The van der Waals surface area contributed by atoms with Crippen molar-refractivity contribution in [2.75, 3.05) is 12.3 Å². The molecule has 1 nitrogen and oxygen atoms in total. The molecule has 0 unspecified atom stereocenters. The van der Waals surface area contributed by atoms with Gasteiger partial charge in [-0.15, -0.1) is 0 Å². The van der Waals surface area contributed by atoms with E-state index in [1.807, 2.05) is 11.8 Å². The molecule has 0 fully saturated rings. The van der Waals surface area contributed by atoms with Gasteiger partial charge in [0, 0.05) is 11.5 Å². The van der Waals surface area contributed by atoms with E-state index in [4.69, 9.17) is 0 Å². The Balaban J connectivity index is 2.28. The molecule has 0 aromatic heterocycles. The highest BCUT2D eigenvalue weighted by Gasteiger charge is 1.90. The maximum Gasteiger partial charge on any atom is 0.0831 e. The average molecular weight is 168 g/mol. The smallest absolute Gasteiger partial charge is 0.0831 e. The van der Waals surface area contributed by atoms with Crippen molar-refractivity contribution in [2.45, 2.75) is 5.75 Å². The Bertz CT molecular complexity index is 186. The van der Waals surface area contributed by atoms with E-state index in [1.54, 1.807) is 0 Å². The van der Waals surface area contributed by atoms with E-state index < -0.39 is 0 Å². The Hall–Kier alpha value is -0.470. The molecule has 0 amide bonds. The lowest BCUT2D eigenvalue weighted by Crippen LogP contribution is -2.51. The number of quaternary nitrogens is 1. The molecule has 0 aliphatic rings. The first kappa shape index (κ1) is 8.62. The van der Waals surface area contributed by atoms with Crippen LogP contribution in [0, 0.1) is 0 Å². The molecule has 0 spiro atoms. The van der Waals surface area contributed by atoms with Crippen molar-refractivity contribution in [3.05, 3.63) is 35.9 Å². The maximum absolute atomic E-state index is 3.80. The van der Waals surface area contributed by atoms with Gasteiger partial charge in [0.2, 0.25) is 0 Å². The summed E-state index contributed by atoms with van der Waals surface area (Å²) in [4.78, 5) is 0. The predicted molar refractivity (Wildman–Crippen MR) is 50.4 cm³/mol. The van der Waals surface area contributed by atoms with Gasteiger partial charge in [0.05, 0.1) is 6.54 Å². The number of hydrogen-bond donors (Lipinski definition) is 1. The van der Waals surface area contributed by atoms with Crippen LogP contribution in [0.2, 0.25) is 0 Å². The van der Waals surface area contributed by atoms with E-state index >= 15 is 0 Å². The minimum absolute atomic E-state index is 1.03. The summed E-state index contributed by atoms with van der Waals surface area (Å²) in [6, 6.07) is 10.5. The van der Waals surface area contributed by atoms with Crippen LogP contribution in [0.4, 0.5) is 0 Å². The van der Waals surface area contributed by atoms with Crippen molar-refractivity contribution < 1.29 is 5.73 Å². The second kappa shape index (κ2) is 5.22. The summed E-state index contributed by atoms with van der Waals surface area (Å²) in [5, 5.41) is 0. The monoisotopic (exact) mass is 168 g/mol. The van der Waals surface area contributed by atoms with E-state index in [2.05, 4.69) is 36.1 Å². The van der Waals surface area contributed by atoms with Gasteiger partial charge in [-0.2, -0.15) is 11.8 Å². The average Bonchev–Trinajstić information content (AvgIpc) is 2.07. The molecule has 0 aliphatic heterocycles. The van der Waals surface area contributed by atoms with Gasteiger partial charge in [-0.3, -0.25) is 0 Å². The van der Waals surface area contributed by atoms with Gasteiger partial charge in [-0.1, -0.05) is 30.3 Å². The Morgan fingerprint density at radius 3 is 2.55 bits per heavy atom. The second-order valence-electron chi connectivity index (χ2n) is 2.39. The largest absolute Gasteiger partial charge is 0.357 e. The molecular formula is C9H14NS+. The standard InChI is InChI=1S/C9H13NS/c10-6-7-11-8-9-4-2-1-3-5-9/h1-5H,6-8,10H2/p+1. The molecule has 2 heteroatoms. The predicted octanol–water partition coefficient (Wildman–Crippen LogP) is 1.16. The molecule has 1 aromatic carbocycles. The van der Waals surface area contributed by atoms with E-state index in [1.165, 1.54) is 5.56 Å². The number of hydrogen-bond acceptors (Lipinski definition) is 1. The number of thioether (sulfide) groups is 1. The minimum Gasteiger partial charge on any atom is -0.357 e. The molecule has 1 rings (SSSR count). The quantitative estimate of drug-likeness (QED) is 0.671. The zero-order valence-electron chi connectivity index (χ0n) is 6.62. The Labute approximate surface area is 72.0 Å². The first-order chi connectivity index (χ1) is 5.43. The summed E-state index contributed by atoms with van der Waals surface area (Å²) in [6.45, 7) is 1.03. The third-order valence-electron chi connectivity index (χ3n) is 1.40. The summed E-state index contributed by atoms with van der Waals surface area (Å²) in [5.74, 6) is 2.28. The Morgan fingerprint density at radius 1 is 1.18 bits per heavy atom. The molecule has 0 bridgehead atoms. The van der Waals surface area contributed by atoms with E-state index in [9.17, 15) is 0 Å². The lowest BCUT2D eigenvalue weighted by atomic mass is 10.2. The first-order valence-corrected chi connectivity index (χ1v) is 5.00. The SMILES string of the molecule is [NH3+]CCSCc1ccccc1. The van der Waals surface area contributed by atoms with Gasteiger partial charge in [-0.05, 0) is 5.56 Å². The summed E-state index contributed by atoms with van der Waals surface area (Å²) >= 11 is 1.94. The highest BCUT2D eigenvalue weighted by atomic mass is 32.2. The third-order valence-corrected chi connectivity index (χ3v) is 2.52. The van der Waals surface area contributed by atoms with Crippen molar-refractivity contribution in [3.8, 4) is 0 Å². The van der Waals surface area contributed by atoms with Crippen molar-refractivity contribution in [1.82, 2.24) is 0 Å². The van der Waals surface area contributed by atoms with Crippen molar-refractivity contribution in [1.29, 1.82) is 0 Å². The number of benzene rings is 1. The van der Waals surface area contributed by atoms with Crippen LogP contribution in [0.15, 0.2) is 30.3 Å². The highest BCUT2D eigenvalue weighted by molar-refractivity contribution is 7.98. The van der Waals surface area contributed by atoms with Crippen LogP contribution in [-0.4, -0.2) is 12.3 Å². The molecule has 0 heterocycles. The minimum atomic E-state index is 1.03. The van der Waals surface area contributed by atoms with Crippen molar-refractivity contribution in [3.63, 3.8) is 0 Å². The molecule has 60 valence electrons. The topological polar surface area (TPSA) is 27.6 Å². The zero-order chi connectivity index (χ0) is 7.94. The Morgan fingerprint density at radius 2 is 1.91 bits per heavy atom. The molecule has 0 atom stereocenters. The lowest BCUT2D eigenvalue weighted by molar-refractivity contribution is -0.360. The van der Waals surface area contributed by atoms with Gasteiger partial charge in [0.1, 0.15) is 0 Å². The second-order valence-corrected chi connectivity index (χ2v) is 3.50. The van der Waals surface area contributed by atoms with E-state index in [0.29, 0.717) is 0 Å². The molecule has 0 saturated heterocycles. The molecule has 0 aliphatic carbocycles. The summed E-state index contributed by atoms with van der Waals surface area (Å²) in [7, 11) is 0. The Kier molecular flexibility index (Phi) is 4.09. The zero-order valence-corrected chi connectivity index (χ0v) is 7.44. The van der Waals surface area contributed by atoms with Crippen LogP contribution in [0.3, 0.4) is 0 Å². The normalized spacial score (nSPS) is 9.91. The fourth-order valence-corrected chi connectivity index (χ4v) is 1.64. The number of rotatable bonds is 4. The maximum atomic E-state index is 3.80. The van der Waals surface area contributed by atoms with E-state index in [0.717, 1.165) is 18.1 Å². The fraction of sp³-hybridized carbons (Fsp3) is 0.333. The van der Waals surface area contributed by atoms with Crippen molar-refractivity contribution in [2.24, 2.45) is 0 Å². The molecule has 3 N–H and O–H groups in total. The summed E-state index contributed by atoms with van der Waals surface area (Å²) in [6.07, 6.45) is 0. The van der Waals surface area contributed by atoms with Gasteiger partial charge >= 0.3 is 0 Å². The van der Waals surface area contributed by atoms with Gasteiger partial charge in [-0.25, -0.2) is 0 Å². The molecule has 1 aromatic rings. The fourth-order valence-electron chi connectivity index (χ4n) is 0.866. The van der Waals surface area contributed by atoms with Crippen LogP contribution < -0.4 is 5.73 Å². The van der Waals surface area contributed by atoms with Crippen LogP contribution in [-0.2, 0) is 5.75 Å². The van der Waals surface area contributed by atoms with Crippen LogP contribution in [0.5, 0.6) is 0 Å². The molecular weight excluding hydrogens is 154 g/mol. The van der Waals surface area contributed by atoms with Crippen LogP contribution in [0.1, 0.15) is 5.56 Å².